The number of piperidine rings is 1. The number of aromatic nitrogens is 1. The molecular formula is C28H34N4O2S2. The zero-order valence-corrected chi connectivity index (χ0v) is 22.6. The van der Waals surface area contributed by atoms with Gasteiger partial charge >= 0.3 is 0 Å². The molecule has 6 nitrogen and oxygen atoms in total. The molecule has 3 aromatic rings. The van der Waals surface area contributed by atoms with Crippen molar-refractivity contribution >= 4 is 40.3 Å². The van der Waals surface area contributed by atoms with Gasteiger partial charge in [0.25, 0.3) is 5.91 Å². The van der Waals surface area contributed by atoms with Gasteiger partial charge in [-0.05, 0) is 55.1 Å². The first-order chi connectivity index (χ1) is 17.6. The van der Waals surface area contributed by atoms with Crippen molar-refractivity contribution in [2.45, 2.75) is 38.5 Å². The standard InChI is InChI=1S/C28H34N4O2S2/c1-3-20-9-11-21(12-10-20)23-7-4-5-8-24(23)30-26(33)25-19-36-27(31-25)22-13-16-32(17-14-22)28(35)29-15-6-18-34-2/h4-5,7-12,19,22H,3,6,13-18H2,1-2H3,(H,29,35)(H,30,33). The van der Waals surface area contributed by atoms with E-state index in [0.29, 0.717) is 11.6 Å². The number of para-hydroxylation sites is 1. The number of carbonyl (C=O) groups is 1. The van der Waals surface area contributed by atoms with Gasteiger partial charge in [0.15, 0.2) is 5.11 Å². The number of nitrogens with zero attached hydrogens (tertiary/aromatic N) is 2. The van der Waals surface area contributed by atoms with Crippen molar-refractivity contribution in [3.63, 3.8) is 0 Å². The van der Waals surface area contributed by atoms with Crippen molar-refractivity contribution in [3.8, 4) is 11.1 Å². The summed E-state index contributed by atoms with van der Waals surface area (Å²) in [6.45, 7) is 5.49. The van der Waals surface area contributed by atoms with E-state index in [0.717, 1.165) is 78.9 Å². The van der Waals surface area contributed by atoms with E-state index in [1.165, 1.54) is 5.56 Å². The van der Waals surface area contributed by atoms with Gasteiger partial charge in [0.2, 0.25) is 0 Å². The van der Waals surface area contributed by atoms with Gasteiger partial charge in [-0.2, -0.15) is 0 Å². The minimum atomic E-state index is -0.172. The molecule has 0 saturated carbocycles. The van der Waals surface area contributed by atoms with E-state index in [4.69, 9.17) is 21.9 Å². The molecule has 2 heterocycles. The summed E-state index contributed by atoms with van der Waals surface area (Å²) in [5.41, 5.74) is 4.65. The van der Waals surface area contributed by atoms with Gasteiger partial charge < -0.3 is 20.3 Å². The van der Waals surface area contributed by atoms with Crippen LogP contribution in [0.1, 0.15) is 53.2 Å². The van der Waals surface area contributed by atoms with Gasteiger partial charge in [0, 0.05) is 55.9 Å². The zero-order valence-electron chi connectivity index (χ0n) is 21.0. The number of benzene rings is 2. The Labute approximate surface area is 223 Å². The molecule has 1 amide bonds. The predicted molar refractivity (Wildman–Crippen MR) is 152 cm³/mol. The molecular weight excluding hydrogens is 488 g/mol. The highest BCUT2D eigenvalue weighted by Crippen LogP contribution is 2.32. The lowest BCUT2D eigenvalue weighted by Crippen LogP contribution is -2.44. The Kier molecular flexibility index (Phi) is 9.44. The van der Waals surface area contributed by atoms with Gasteiger partial charge in [-0.15, -0.1) is 11.3 Å². The second-order valence-electron chi connectivity index (χ2n) is 8.96. The van der Waals surface area contributed by atoms with Crippen molar-refractivity contribution in [1.82, 2.24) is 15.2 Å². The predicted octanol–water partition coefficient (Wildman–Crippen LogP) is 5.72. The quantitative estimate of drug-likeness (QED) is 0.277. The summed E-state index contributed by atoms with van der Waals surface area (Å²) in [5, 5.41) is 10.1. The highest BCUT2D eigenvalue weighted by molar-refractivity contribution is 7.80. The molecule has 0 radical (unpaired) electrons. The average molecular weight is 523 g/mol. The first-order valence-electron chi connectivity index (χ1n) is 12.6. The third kappa shape index (κ3) is 6.69. The summed E-state index contributed by atoms with van der Waals surface area (Å²) >= 11 is 7.12. The summed E-state index contributed by atoms with van der Waals surface area (Å²) in [6.07, 6.45) is 3.89. The lowest BCUT2D eigenvalue weighted by atomic mass is 9.98. The first kappa shape index (κ1) is 26.3. The second-order valence-corrected chi connectivity index (χ2v) is 10.2. The third-order valence-electron chi connectivity index (χ3n) is 6.54. The molecule has 1 fully saturated rings. The van der Waals surface area contributed by atoms with Gasteiger partial charge in [0.1, 0.15) is 5.69 Å². The number of ether oxygens (including phenoxy) is 1. The molecule has 1 aliphatic heterocycles. The molecule has 0 aliphatic carbocycles. The number of methoxy groups -OCH3 is 1. The maximum Gasteiger partial charge on any atom is 0.275 e. The largest absolute Gasteiger partial charge is 0.385 e. The lowest BCUT2D eigenvalue weighted by molar-refractivity contribution is 0.102. The number of hydrogen-bond donors (Lipinski definition) is 2. The average Bonchev–Trinajstić information content (AvgIpc) is 3.42. The van der Waals surface area contributed by atoms with Crippen LogP contribution in [0.25, 0.3) is 11.1 Å². The fourth-order valence-electron chi connectivity index (χ4n) is 4.38. The number of carbonyl (C=O) groups excluding carboxylic acids is 1. The van der Waals surface area contributed by atoms with Gasteiger partial charge in [0.05, 0.1) is 5.01 Å². The van der Waals surface area contributed by atoms with Crippen molar-refractivity contribution in [1.29, 1.82) is 0 Å². The summed E-state index contributed by atoms with van der Waals surface area (Å²) in [5.74, 6) is 0.183. The minimum Gasteiger partial charge on any atom is -0.385 e. The molecule has 0 bridgehead atoms. The fourth-order valence-corrected chi connectivity index (χ4v) is 5.64. The van der Waals surface area contributed by atoms with E-state index >= 15 is 0 Å². The Balaban J connectivity index is 1.34. The Hall–Kier alpha value is -2.81. The van der Waals surface area contributed by atoms with Crippen LogP contribution in [0.2, 0.25) is 0 Å². The van der Waals surface area contributed by atoms with Crippen molar-refractivity contribution < 1.29 is 9.53 Å². The van der Waals surface area contributed by atoms with E-state index in [9.17, 15) is 4.79 Å². The molecule has 0 unspecified atom stereocenters. The maximum atomic E-state index is 13.1. The van der Waals surface area contributed by atoms with Crippen LogP contribution in [0, 0.1) is 0 Å². The summed E-state index contributed by atoms with van der Waals surface area (Å²) in [6, 6.07) is 16.4. The minimum absolute atomic E-state index is 0.172. The van der Waals surface area contributed by atoms with Crippen LogP contribution >= 0.6 is 23.6 Å². The Morgan fingerprint density at radius 2 is 1.92 bits per heavy atom. The number of aryl methyl sites for hydroxylation is 1. The molecule has 0 spiro atoms. The van der Waals surface area contributed by atoms with Crippen molar-refractivity contribution in [2.24, 2.45) is 0 Å². The number of hydrogen-bond acceptors (Lipinski definition) is 5. The van der Waals surface area contributed by atoms with Crippen LogP contribution in [-0.4, -0.2) is 54.3 Å². The monoisotopic (exact) mass is 522 g/mol. The third-order valence-corrected chi connectivity index (χ3v) is 7.95. The number of likely N-dealkylation sites (tertiary alicyclic amines) is 1. The first-order valence-corrected chi connectivity index (χ1v) is 13.8. The maximum absolute atomic E-state index is 13.1. The molecule has 190 valence electrons. The molecule has 0 atom stereocenters. The van der Waals surface area contributed by atoms with Gasteiger partial charge in [-0.1, -0.05) is 49.4 Å². The van der Waals surface area contributed by atoms with Crippen LogP contribution in [0.5, 0.6) is 0 Å². The summed E-state index contributed by atoms with van der Waals surface area (Å²) in [4.78, 5) is 20.0. The number of nitrogens with one attached hydrogen (secondary N) is 2. The number of rotatable bonds is 9. The highest BCUT2D eigenvalue weighted by Gasteiger charge is 2.25. The SMILES string of the molecule is CCc1ccc(-c2ccccc2NC(=O)c2csc(C3CCN(C(=S)NCCCOC)CC3)n2)cc1. The topological polar surface area (TPSA) is 66.5 Å². The smallest absolute Gasteiger partial charge is 0.275 e. The number of thiazole rings is 1. The Bertz CT molecular complexity index is 1150. The van der Waals surface area contributed by atoms with E-state index in [1.54, 1.807) is 18.4 Å². The van der Waals surface area contributed by atoms with Crippen LogP contribution in [-0.2, 0) is 11.2 Å². The normalized spacial score (nSPS) is 14.0. The molecule has 1 aromatic heterocycles. The highest BCUT2D eigenvalue weighted by atomic mass is 32.1. The van der Waals surface area contributed by atoms with Gasteiger partial charge in [-0.25, -0.2) is 4.98 Å². The van der Waals surface area contributed by atoms with Crippen molar-refractivity contribution in [3.05, 3.63) is 70.2 Å². The van der Waals surface area contributed by atoms with Crippen LogP contribution in [0.15, 0.2) is 53.9 Å². The molecule has 8 heteroatoms. The molecule has 4 rings (SSSR count). The number of anilines is 1. The van der Waals surface area contributed by atoms with Crippen LogP contribution in [0.4, 0.5) is 5.69 Å². The number of thiocarbonyl (C=S) groups is 1. The van der Waals surface area contributed by atoms with E-state index in [2.05, 4.69) is 46.7 Å². The number of amides is 1. The summed E-state index contributed by atoms with van der Waals surface area (Å²) < 4.78 is 5.09. The van der Waals surface area contributed by atoms with Crippen LogP contribution < -0.4 is 10.6 Å². The van der Waals surface area contributed by atoms with E-state index in [-0.39, 0.29) is 5.91 Å². The van der Waals surface area contributed by atoms with Crippen LogP contribution in [0.3, 0.4) is 0 Å². The zero-order chi connectivity index (χ0) is 25.3. The molecule has 2 aromatic carbocycles. The van der Waals surface area contributed by atoms with E-state index in [1.807, 2.05) is 29.6 Å². The Morgan fingerprint density at radius 1 is 1.17 bits per heavy atom. The molecule has 36 heavy (non-hydrogen) atoms. The molecule has 1 aliphatic rings. The van der Waals surface area contributed by atoms with E-state index < -0.39 is 0 Å². The summed E-state index contributed by atoms with van der Waals surface area (Å²) in [7, 11) is 1.71. The molecule has 1 saturated heterocycles. The second kappa shape index (κ2) is 12.9. The van der Waals surface area contributed by atoms with Crippen molar-refractivity contribution in [2.75, 3.05) is 38.7 Å². The fraction of sp³-hybridized carbons (Fsp3) is 0.393. The molecule has 2 N–H and O–H groups in total. The van der Waals surface area contributed by atoms with Gasteiger partial charge in [-0.3, -0.25) is 4.79 Å². The lowest BCUT2D eigenvalue weighted by Gasteiger charge is -2.33. The Morgan fingerprint density at radius 3 is 2.64 bits per heavy atom.